The number of hydrazone groups is 1. The van der Waals surface area contributed by atoms with E-state index in [1.54, 1.807) is 6.92 Å². The largest absolute Gasteiger partial charge is 0.508 e. The number of nitrogens with one attached hydrogen (secondary N) is 1. The Hall–Kier alpha value is -2.82. The Morgan fingerprint density at radius 1 is 1.05 bits per heavy atom. The van der Waals surface area contributed by atoms with E-state index in [0.717, 1.165) is 16.7 Å². The highest BCUT2D eigenvalue weighted by Crippen LogP contribution is 2.21. The lowest BCUT2D eigenvalue weighted by Gasteiger charge is -2.08. The molecule has 0 aromatic heterocycles. The van der Waals surface area contributed by atoms with Gasteiger partial charge in [-0.15, -0.1) is 0 Å². The number of carbonyl (C=O) groups is 1. The third-order valence-corrected chi connectivity index (χ3v) is 3.33. The van der Waals surface area contributed by atoms with Gasteiger partial charge in [-0.05, 0) is 50.6 Å². The summed E-state index contributed by atoms with van der Waals surface area (Å²) < 4.78 is 0. The fourth-order valence-corrected chi connectivity index (χ4v) is 2.09. The Balaban J connectivity index is 2.22. The Kier molecular flexibility index (Phi) is 4.46. The number of phenolic OH excluding ortho intramolecular Hbond substituents is 2. The number of aromatic hydroxyl groups is 2. The number of carbonyl (C=O) groups excluding carboxylic acids is 1. The van der Waals surface area contributed by atoms with E-state index in [1.807, 2.05) is 32.0 Å². The Morgan fingerprint density at radius 2 is 1.77 bits per heavy atom. The van der Waals surface area contributed by atoms with Crippen LogP contribution in [-0.4, -0.2) is 21.8 Å². The zero-order chi connectivity index (χ0) is 16.3. The molecule has 22 heavy (non-hydrogen) atoms. The second-order valence-electron chi connectivity index (χ2n) is 5.16. The minimum absolute atomic E-state index is 0.0301. The normalized spacial score (nSPS) is 11.3. The number of phenols is 2. The number of amides is 1. The van der Waals surface area contributed by atoms with Crippen LogP contribution in [0.2, 0.25) is 0 Å². The summed E-state index contributed by atoms with van der Waals surface area (Å²) in [4.78, 5) is 12.0. The van der Waals surface area contributed by atoms with Crippen molar-refractivity contribution >= 4 is 11.6 Å². The van der Waals surface area contributed by atoms with Gasteiger partial charge in [-0.25, -0.2) is 5.43 Å². The first kappa shape index (κ1) is 15.6. The van der Waals surface area contributed by atoms with Crippen molar-refractivity contribution in [1.29, 1.82) is 0 Å². The topological polar surface area (TPSA) is 81.9 Å². The Morgan fingerprint density at radius 3 is 2.50 bits per heavy atom. The molecule has 0 radical (unpaired) electrons. The third-order valence-electron chi connectivity index (χ3n) is 3.33. The van der Waals surface area contributed by atoms with E-state index in [2.05, 4.69) is 10.5 Å². The maximum Gasteiger partial charge on any atom is 0.275 e. The zero-order valence-electron chi connectivity index (χ0n) is 12.7. The molecule has 0 fully saturated rings. The molecule has 0 spiro atoms. The summed E-state index contributed by atoms with van der Waals surface area (Å²) in [5.41, 5.74) is 6.13. The maximum atomic E-state index is 12.0. The Bertz CT molecular complexity index is 752. The van der Waals surface area contributed by atoms with Crippen LogP contribution in [0.3, 0.4) is 0 Å². The monoisotopic (exact) mass is 298 g/mol. The second kappa shape index (κ2) is 6.30. The predicted molar refractivity (Wildman–Crippen MR) is 85.4 cm³/mol. The second-order valence-corrected chi connectivity index (χ2v) is 5.16. The zero-order valence-corrected chi connectivity index (χ0v) is 12.7. The summed E-state index contributed by atoms with van der Waals surface area (Å²) in [7, 11) is 0. The molecule has 0 bridgehead atoms. The number of benzene rings is 2. The lowest BCUT2D eigenvalue weighted by atomic mass is 10.0. The van der Waals surface area contributed by atoms with Crippen molar-refractivity contribution in [3.63, 3.8) is 0 Å². The van der Waals surface area contributed by atoms with Crippen LogP contribution in [0.1, 0.15) is 34.0 Å². The summed E-state index contributed by atoms with van der Waals surface area (Å²) >= 11 is 0. The van der Waals surface area contributed by atoms with Gasteiger partial charge < -0.3 is 10.2 Å². The molecule has 0 heterocycles. The van der Waals surface area contributed by atoms with Gasteiger partial charge in [0, 0.05) is 5.56 Å². The van der Waals surface area contributed by atoms with Crippen LogP contribution < -0.4 is 5.43 Å². The third kappa shape index (κ3) is 3.44. The lowest BCUT2D eigenvalue weighted by Crippen LogP contribution is -2.19. The molecule has 2 aromatic rings. The molecule has 0 saturated carbocycles. The number of hydrogen-bond acceptors (Lipinski definition) is 4. The Labute approximate surface area is 128 Å². The van der Waals surface area contributed by atoms with Gasteiger partial charge in [0.05, 0.1) is 11.3 Å². The first-order valence-electron chi connectivity index (χ1n) is 6.82. The van der Waals surface area contributed by atoms with Gasteiger partial charge in [-0.3, -0.25) is 4.79 Å². The van der Waals surface area contributed by atoms with Crippen LogP contribution in [-0.2, 0) is 0 Å². The highest BCUT2D eigenvalue weighted by molar-refractivity contribution is 6.02. The smallest absolute Gasteiger partial charge is 0.275 e. The summed E-state index contributed by atoms with van der Waals surface area (Å²) in [6, 6.07) is 9.74. The van der Waals surface area contributed by atoms with E-state index in [9.17, 15) is 15.0 Å². The molecule has 0 aliphatic rings. The minimum Gasteiger partial charge on any atom is -0.508 e. The molecule has 114 valence electrons. The van der Waals surface area contributed by atoms with Gasteiger partial charge in [-0.2, -0.15) is 5.10 Å². The van der Waals surface area contributed by atoms with Crippen molar-refractivity contribution < 1.29 is 15.0 Å². The van der Waals surface area contributed by atoms with Crippen LogP contribution in [0.15, 0.2) is 41.5 Å². The van der Waals surface area contributed by atoms with Crippen molar-refractivity contribution in [3.8, 4) is 11.5 Å². The van der Waals surface area contributed by atoms with Crippen LogP contribution in [0.5, 0.6) is 11.5 Å². The van der Waals surface area contributed by atoms with Crippen LogP contribution in [0.25, 0.3) is 0 Å². The molecule has 0 unspecified atom stereocenters. The van der Waals surface area contributed by atoms with Crippen LogP contribution in [0.4, 0.5) is 0 Å². The van der Waals surface area contributed by atoms with E-state index >= 15 is 0 Å². The van der Waals surface area contributed by atoms with Gasteiger partial charge >= 0.3 is 0 Å². The molecule has 2 rings (SSSR count). The van der Waals surface area contributed by atoms with Crippen molar-refractivity contribution in [3.05, 3.63) is 58.7 Å². The van der Waals surface area contributed by atoms with Gasteiger partial charge in [0.25, 0.3) is 5.91 Å². The van der Waals surface area contributed by atoms with E-state index in [1.165, 1.54) is 18.2 Å². The highest BCUT2D eigenvalue weighted by Gasteiger charge is 2.12. The summed E-state index contributed by atoms with van der Waals surface area (Å²) in [5, 5.41) is 23.1. The average molecular weight is 298 g/mol. The fourth-order valence-electron chi connectivity index (χ4n) is 2.09. The van der Waals surface area contributed by atoms with E-state index in [-0.39, 0.29) is 17.1 Å². The van der Waals surface area contributed by atoms with Crippen LogP contribution in [0, 0.1) is 13.8 Å². The summed E-state index contributed by atoms with van der Waals surface area (Å²) in [6.45, 7) is 5.75. The molecule has 0 atom stereocenters. The number of hydrogen-bond donors (Lipinski definition) is 3. The first-order chi connectivity index (χ1) is 10.4. The summed E-state index contributed by atoms with van der Waals surface area (Å²) in [6.07, 6.45) is 0. The number of nitrogens with zero attached hydrogens (tertiary/aromatic N) is 1. The number of aryl methyl sites for hydroxylation is 2. The van der Waals surface area contributed by atoms with Crippen molar-refractivity contribution in [1.82, 2.24) is 5.43 Å². The molecular weight excluding hydrogens is 280 g/mol. The molecule has 1 amide bonds. The average Bonchev–Trinajstić information content (AvgIpc) is 2.49. The van der Waals surface area contributed by atoms with Gasteiger partial charge in [-0.1, -0.05) is 17.7 Å². The SMILES string of the molecule is C/C(=N\NC(=O)c1cc(O)ccc1O)c1cc(C)ccc1C. The standard InChI is InChI=1S/C17H18N2O3/c1-10-4-5-11(2)14(8-10)12(3)18-19-17(22)15-9-13(20)6-7-16(15)21/h4-9,20-21H,1-3H3,(H,19,22)/b18-12+. The number of rotatable bonds is 3. The van der Waals surface area contributed by atoms with E-state index in [0.29, 0.717) is 5.71 Å². The molecule has 3 N–H and O–H groups in total. The quantitative estimate of drug-likeness (QED) is 0.463. The lowest BCUT2D eigenvalue weighted by molar-refractivity contribution is 0.0951. The molecule has 2 aromatic carbocycles. The van der Waals surface area contributed by atoms with Crippen molar-refractivity contribution in [2.45, 2.75) is 20.8 Å². The summed E-state index contributed by atoms with van der Waals surface area (Å²) in [5.74, 6) is -0.897. The van der Waals surface area contributed by atoms with Gasteiger partial charge in [0.1, 0.15) is 11.5 Å². The molecule has 0 aliphatic carbocycles. The van der Waals surface area contributed by atoms with Crippen LogP contribution >= 0.6 is 0 Å². The van der Waals surface area contributed by atoms with Crippen molar-refractivity contribution in [2.24, 2.45) is 5.10 Å². The molecule has 5 heteroatoms. The molecular formula is C17H18N2O3. The van der Waals surface area contributed by atoms with Gasteiger partial charge in [0.15, 0.2) is 0 Å². The van der Waals surface area contributed by atoms with E-state index in [4.69, 9.17) is 0 Å². The minimum atomic E-state index is -0.585. The molecule has 0 aliphatic heterocycles. The highest BCUT2D eigenvalue weighted by atomic mass is 16.3. The maximum absolute atomic E-state index is 12.0. The first-order valence-corrected chi connectivity index (χ1v) is 6.82. The molecule has 5 nitrogen and oxygen atoms in total. The molecule has 0 saturated heterocycles. The predicted octanol–water partition coefficient (Wildman–Crippen LogP) is 2.87. The fraction of sp³-hybridized carbons (Fsp3) is 0.176. The van der Waals surface area contributed by atoms with E-state index < -0.39 is 5.91 Å². The van der Waals surface area contributed by atoms with Gasteiger partial charge in [0.2, 0.25) is 0 Å². The van der Waals surface area contributed by atoms with Crippen molar-refractivity contribution in [2.75, 3.05) is 0 Å².